The Hall–Kier alpha value is -1.98. The summed E-state index contributed by atoms with van der Waals surface area (Å²) in [5, 5.41) is 3.52. The molecule has 0 aliphatic heterocycles. The number of amides is 1. The number of ether oxygens (including phenoxy) is 1. The van der Waals surface area contributed by atoms with Crippen molar-refractivity contribution >= 4 is 17.7 Å². The lowest BCUT2D eigenvalue weighted by molar-refractivity contribution is 0.0939. The van der Waals surface area contributed by atoms with Crippen LogP contribution in [0.5, 0.6) is 5.75 Å². The van der Waals surface area contributed by atoms with Crippen LogP contribution in [0.25, 0.3) is 0 Å². The second kappa shape index (κ2) is 9.64. The normalized spacial score (nSPS) is 12.3. The summed E-state index contributed by atoms with van der Waals surface area (Å²) >= 11 is 1.71. The van der Waals surface area contributed by atoms with Crippen molar-refractivity contribution in [3.05, 3.63) is 59.7 Å². The van der Waals surface area contributed by atoms with Gasteiger partial charge in [0.15, 0.2) is 0 Å². The fourth-order valence-corrected chi connectivity index (χ4v) is 3.67. The summed E-state index contributed by atoms with van der Waals surface area (Å²) < 4.78 is 5.22. The second-order valence-electron chi connectivity index (χ2n) is 6.63. The van der Waals surface area contributed by atoms with E-state index < -0.39 is 0 Å². The third-order valence-corrected chi connectivity index (χ3v) is 5.16. The van der Waals surface area contributed by atoms with Crippen LogP contribution in [0.1, 0.15) is 35.8 Å². The summed E-state index contributed by atoms with van der Waals surface area (Å²) in [6, 6.07) is 15.8. The van der Waals surface area contributed by atoms with Crippen LogP contribution in [0, 0.1) is 0 Å². The monoisotopic (exact) mass is 372 g/mol. The van der Waals surface area contributed by atoms with E-state index in [1.54, 1.807) is 18.9 Å². The van der Waals surface area contributed by atoms with Gasteiger partial charge in [0, 0.05) is 16.7 Å². The number of benzene rings is 2. The van der Waals surface area contributed by atoms with E-state index in [0.717, 1.165) is 21.8 Å². The number of rotatable bonds is 8. The molecule has 0 aliphatic carbocycles. The average molecular weight is 373 g/mol. The van der Waals surface area contributed by atoms with Crippen molar-refractivity contribution in [2.45, 2.75) is 30.0 Å². The van der Waals surface area contributed by atoms with E-state index >= 15 is 0 Å². The topological polar surface area (TPSA) is 41.6 Å². The number of carbonyl (C=O) groups is 1. The molecule has 2 aromatic carbocycles. The lowest BCUT2D eigenvalue weighted by Gasteiger charge is -2.25. The number of nitrogens with zero attached hydrogens (tertiary/aromatic N) is 1. The van der Waals surface area contributed by atoms with Gasteiger partial charge in [-0.25, -0.2) is 0 Å². The Morgan fingerprint density at radius 1 is 1.12 bits per heavy atom. The highest BCUT2D eigenvalue weighted by molar-refractivity contribution is 8.00. The summed E-state index contributed by atoms with van der Waals surface area (Å²) in [6.07, 6.45) is 0. The highest BCUT2D eigenvalue weighted by atomic mass is 32.2. The molecule has 0 saturated carbocycles. The van der Waals surface area contributed by atoms with Gasteiger partial charge >= 0.3 is 0 Å². The summed E-state index contributed by atoms with van der Waals surface area (Å²) in [5.41, 5.74) is 1.87. The van der Waals surface area contributed by atoms with E-state index in [0.29, 0.717) is 11.8 Å². The lowest BCUT2D eigenvalue weighted by Crippen LogP contribution is -2.34. The predicted octanol–water partition coefficient (Wildman–Crippen LogP) is 4.23. The highest BCUT2D eigenvalue weighted by Gasteiger charge is 2.18. The first kappa shape index (κ1) is 20.3. The first-order valence-corrected chi connectivity index (χ1v) is 9.64. The summed E-state index contributed by atoms with van der Waals surface area (Å²) in [4.78, 5) is 15.9. The number of thioether (sulfide) groups is 1. The van der Waals surface area contributed by atoms with Gasteiger partial charge in [0.25, 0.3) is 5.91 Å². The molecule has 1 N–H and O–H groups in total. The van der Waals surface area contributed by atoms with Crippen LogP contribution in [0.15, 0.2) is 53.4 Å². The Balaban J connectivity index is 2.10. The van der Waals surface area contributed by atoms with Crippen molar-refractivity contribution in [1.29, 1.82) is 0 Å². The van der Waals surface area contributed by atoms with Crippen LogP contribution in [-0.4, -0.2) is 43.8 Å². The number of hydrogen-bond acceptors (Lipinski definition) is 4. The minimum atomic E-state index is -0.0332. The van der Waals surface area contributed by atoms with Gasteiger partial charge in [0.1, 0.15) is 5.75 Å². The maximum absolute atomic E-state index is 12.7. The molecule has 0 spiro atoms. The molecular formula is C21H28N2O2S. The lowest BCUT2D eigenvalue weighted by atomic mass is 10.1. The minimum Gasteiger partial charge on any atom is -0.497 e. The molecule has 2 rings (SSSR count). The predicted molar refractivity (Wildman–Crippen MR) is 109 cm³/mol. The van der Waals surface area contributed by atoms with Crippen molar-refractivity contribution in [2.75, 3.05) is 27.7 Å². The Labute approximate surface area is 160 Å². The van der Waals surface area contributed by atoms with Crippen LogP contribution in [-0.2, 0) is 0 Å². The van der Waals surface area contributed by atoms with Gasteiger partial charge in [0.05, 0.1) is 18.7 Å². The maximum Gasteiger partial charge on any atom is 0.252 e. The molecule has 1 amide bonds. The van der Waals surface area contributed by atoms with Crippen molar-refractivity contribution in [3.8, 4) is 5.75 Å². The zero-order valence-corrected chi connectivity index (χ0v) is 17.0. The van der Waals surface area contributed by atoms with Gasteiger partial charge in [-0.3, -0.25) is 4.79 Å². The van der Waals surface area contributed by atoms with Crippen LogP contribution in [0.3, 0.4) is 0 Å². The van der Waals surface area contributed by atoms with Crippen LogP contribution < -0.4 is 10.1 Å². The largest absolute Gasteiger partial charge is 0.497 e. The van der Waals surface area contributed by atoms with Crippen LogP contribution in [0.4, 0.5) is 0 Å². The molecule has 1 atom stereocenters. The van der Waals surface area contributed by atoms with Crippen LogP contribution in [0.2, 0.25) is 0 Å². The van der Waals surface area contributed by atoms with E-state index in [1.165, 1.54) is 0 Å². The number of carbonyl (C=O) groups excluding carboxylic acids is 1. The van der Waals surface area contributed by atoms with Crippen molar-refractivity contribution in [2.24, 2.45) is 0 Å². The highest BCUT2D eigenvalue weighted by Crippen LogP contribution is 2.27. The van der Waals surface area contributed by atoms with Crippen molar-refractivity contribution in [3.63, 3.8) is 0 Å². The minimum absolute atomic E-state index is 0.0332. The van der Waals surface area contributed by atoms with E-state index in [1.807, 2.05) is 62.6 Å². The Bertz CT molecular complexity index is 714. The molecule has 0 fully saturated rings. The van der Waals surface area contributed by atoms with Gasteiger partial charge in [-0.1, -0.05) is 38.1 Å². The molecule has 5 heteroatoms. The van der Waals surface area contributed by atoms with Crippen LogP contribution >= 0.6 is 11.8 Å². The molecule has 0 heterocycles. The Morgan fingerprint density at radius 2 is 1.77 bits per heavy atom. The third kappa shape index (κ3) is 5.51. The number of nitrogens with one attached hydrogen (secondary N) is 1. The molecule has 1 unspecified atom stereocenters. The van der Waals surface area contributed by atoms with Crippen molar-refractivity contribution < 1.29 is 9.53 Å². The zero-order chi connectivity index (χ0) is 19.1. The smallest absolute Gasteiger partial charge is 0.252 e. The summed E-state index contributed by atoms with van der Waals surface area (Å²) in [5.74, 6) is 0.795. The van der Waals surface area contributed by atoms with Gasteiger partial charge in [-0.15, -0.1) is 11.8 Å². The molecule has 4 nitrogen and oxygen atoms in total. The molecule has 140 valence electrons. The second-order valence-corrected chi connectivity index (χ2v) is 8.24. The maximum atomic E-state index is 12.7. The number of hydrogen-bond donors (Lipinski definition) is 1. The molecule has 0 bridgehead atoms. The Kier molecular flexibility index (Phi) is 7.54. The Morgan fingerprint density at radius 3 is 2.35 bits per heavy atom. The fourth-order valence-electron chi connectivity index (χ4n) is 2.72. The number of likely N-dealkylation sites (N-methyl/N-ethyl adjacent to an activating group) is 1. The van der Waals surface area contributed by atoms with Gasteiger partial charge < -0.3 is 15.0 Å². The van der Waals surface area contributed by atoms with E-state index in [2.05, 4.69) is 24.1 Å². The molecule has 2 aromatic rings. The average Bonchev–Trinajstić information content (AvgIpc) is 2.62. The van der Waals surface area contributed by atoms with Gasteiger partial charge in [-0.2, -0.15) is 0 Å². The molecule has 0 aromatic heterocycles. The summed E-state index contributed by atoms with van der Waals surface area (Å²) in [7, 11) is 5.69. The first-order valence-electron chi connectivity index (χ1n) is 8.76. The third-order valence-electron chi connectivity index (χ3n) is 4.07. The van der Waals surface area contributed by atoms with Gasteiger partial charge in [0.2, 0.25) is 0 Å². The number of methoxy groups -OCH3 is 1. The molecule has 0 aliphatic rings. The van der Waals surface area contributed by atoms with Gasteiger partial charge in [-0.05, 0) is 43.9 Å². The first-order chi connectivity index (χ1) is 12.4. The molecular weight excluding hydrogens is 344 g/mol. The van der Waals surface area contributed by atoms with E-state index in [4.69, 9.17) is 4.74 Å². The zero-order valence-electron chi connectivity index (χ0n) is 16.2. The summed E-state index contributed by atoms with van der Waals surface area (Å²) in [6.45, 7) is 4.80. The molecule has 0 saturated heterocycles. The van der Waals surface area contributed by atoms with Crippen molar-refractivity contribution in [1.82, 2.24) is 10.2 Å². The van der Waals surface area contributed by atoms with E-state index in [9.17, 15) is 4.79 Å². The fraction of sp³-hybridized carbons (Fsp3) is 0.381. The standard InChI is InChI=1S/C21H28N2O2S/c1-15(2)26-20-9-7-6-8-18(20)21(24)22-14-19(23(3)4)16-10-12-17(25-5)13-11-16/h6-13,15,19H,14H2,1-5H3,(H,22,24). The molecule has 26 heavy (non-hydrogen) atoms. The SMILES string of the molecule is COc1ccc(C(CNC(=O)c2ccccc2SC(C)C)N(C)C)cc1. The quantitative estimate of drug-likeness (QED) is 0.704. The van der Waals surface area contributed by atoms with E-state index in [-0.39, 0.29) is 11.9 Å². The molecule has 0 radical (unpaired) electrons.